The molecule has 0 aliphatic carbocycles. The number of hydrogen-bond acceptors (Lipinski definition) is 4. The van der Waals surface area contributed by atoms with E-state index in [0.29, 0.717) is 11.7 Å². The summed E-state index contributed by atoms with van der Waals surface area (Å²) in [7, 11) is 1.51. The van der Waals surface area contributed by atoms with Crippen molar-refractivity contribution in [3.05, 3.63) is 33.4 Å². The normalized spacial score (nSPS) is 16.3. The first-order valence-corrected chi connectivity index (χ1v) is 6.73. The molecule has 0 unspecified atom stereocenters. The highest BCUT2D eigenvalue weighted by atomic mass is 16.6. The van der Waals surface area contributed by atoms with Crippen molar-refractivity contribution in [2.24, 2.45) is 0 Å². The van der Waals surface area contributed by atoms with E-state index >= 15 is 0 Å². The van der Waals surface area contributed by atoms with Crippen LogP contribution in [0.3, 0.4) is 0 Å². The van der Waals surface area contributed by atoms with E-state index in [1.165, 1.54) is 7.11 Å². The highest BCUT2D eigenvalue weighted by Crippen LogP contribution is 2.39. The molecule has 1 aromatic rings. The van der Waals surface area contributed by atoms with E-state index in [1.807, 2.05) is 6.92 Å². The summed E-state index contributed by atoms with van der Waals surface area (Å²) < 4.78 is 5.33. The zero-order chi connectivity index (χ0) is 13.8. The van der Waals surface area contributed by atoms with Crippen LogP contribution < -0.4 is 10.1 Å². The van der Waals surface area contributed by atoms with E-state index in [2.05, 4.69) is 11.4 Å². The minimum absolute atomic E-state index is 0.0929. The Kier molecular flexibility index (Phi) is 4.37. The average molecular weight is 264 g/mol. The maximum atomic E-state index is 11.2. The van der Waals surface area contributed by atoms with Crippen LogP contribution >= 0.6 is 0 Å². The molecule has 104 valence electrons. The lowest BCUT2D eigenvalue weighted by Crippen LogP contribution is -2.27. The Morgan fingerprint density at radius 3 is 2.63 bits per heavy atom. The third-order valence-electron chi connectivity index (χ3n) is 3.75. The van der Waals surface area contributed by atoms with Crippen molar-refractivity contribution in [1.29, 1.82) is 0 Å². The molecular formula is C14H20N2O3. The Bertz CT molecular complexity index is 468. The van der Waals surface area contributed by atoms with Gasteiger partial charge in [-0.3, -0.25) is 10.1 Å². The molecule has 1 aliphatic heterocycles. The van der Waals surface area contributed by atoms with Crippen LogP contribution in [-0.2, 0) is 6.42 Å². The quantitative estimate of drug-likeness (QED) is 0.670. The molecule has 1 aliphatic rings. The molecule has 0 radical (unpaired) electrons. The van der Waals surface area contributed by atoms with Crippen molar-refractivity contribution < 1.29 is 9.66 Å². The van der Waals surface area contributed by atoms with E-state index < -0.39 is 0 Å². The summed E-state index contributed by atoms with van der Waals surface area (Å²) in [6, 6.07) is 3.70. The zero-order valence-corrected chi connectivity index (χ0v) is 11.4. The largest absolute Gasteiger partial charge is 0.490 e. The topological polar surface area (TPSA) is 64.4 Å². The number of aryl methyl sites for hydroxylation is 1. The smallest absolute Gasteiger partial charge is 0.311 e. The van der Waals surface area contributed by atoms with Gasteiger partial charge in [0, 0.05) is 11.6 Å². The molecule has 1 heterocycles. The third kappa shape index (κ3) is 2.87. The van der Waals surface area contributed by atoms with E-state index in [4.69, 9.17) is 4.74 Å². The van der Waals surface area contributed by atoms with Crippen LogP contribution in [-0.4, -0.2) is 25.1 Å². The van der Waals surface area contributed by atoms with Crippen LogP contribution in [0, 0.1) is 10.1 Å². The monoisotopic (exact) mass is 264 g/mol. The average Bonchev–Trinajstić information content (AvgIpc) is 2.46. The summed E-state index contributed by atoms with van der Waals surface area (Å²) in [4.78, 5) is 10.9. The lowest BCUT2D eigenvalue weighted by atomic mass is 9.87. The van der Waals surface area contributed by atoms with E-state index in [1.54, 1.807) is 6.07 Å². The summed E-state index contributed by atoms with van der Waals surface area (Å²) in [5.41, 5.74) is 2.09. The van der Waals surface area contributed by atoms with Gasteiger partial charge in [0.25, 0.3) is 0 Å². The number of benzene rings is 1. The standard InChI is InChI=1S/C14H20N2O3/c1-3-10-8-12(11-4-6-15-7-5-11)14(19-2)13(9-10)16(17)18/h8-9,11,15H,3-7H2,1-2H3. The van der Waals surface area contributed by atoms with Gasteiger partial charge in [0.1, 0.15) is 0 Å². The lowest BCUT2D eigenvalue weighted by Gasteiger charge is -2.25. The maximum absolute atomic E-state index is 11.2. The van der Waals surface area contributed by atoms with Crippen molar-refractivity contribution >= 4 is 5.69 Å². The molecule has 0 saturated carbocycles. The first kappa shape index (κ1) is 13.8. The second-order valence-electron chi connectivity index (χ2n) is 4.87. The summed E-state index contributed by atoms with van der Waals surface area (Å²) in [6.45, 7) is 3.92. The molecule has 0 spiro atoms. The number of nitrogens with one attached hydrogen (secondary N) is 1. The summed E-state index contributed by atoms with van der Waals surface area (Å²) in [5.74, 6) is 0.788. The number of rotatable bonds is 4. The summed E-state index contributed by atoms with van der Waals surface area (Å²) in [6.07, 6.45) is 2.80. The van der Waals surface area contributed by atoms with Gasteiger partial charge in [-0.1, -0.05) is 13.0 Å². The number of methoxy groups -OCH3 is 1. The van der Waals surface area contributed by atoms with Gasteiger partial charge in [-0.25, -0.2) is 0 Å². The molecular weight excluding hydrogens is 244 g/mol. The highest BCUT2D eigenvalue weighted by molar-refractivity contribution is 5.55. The van der Waals surface area contributed by atoms with Crippen molar-refractivity contribution in [2.75, 3.05) is 20.2 Å². The van der Waals surface area contributed by atoms with Gasteiger partial charge < -0.3 is 10.1 Å². The van der Waals surface area contributed by atoms with E-state index in [0.717, 1.165) is 43.5 Å². The van der Waals surface area contributed by atoms with Crippen molar-refractivity contribution in [3.63, 3.8) is 0 Å². The molecule has 0 aromatic heterocycles. The molecule has 0 atom stereocenters. The molecule has 1 saturated heterocycles. The van der Waals surface area contributed by atoms with Crippen molar-refractivity contribution in [2.45, 2.75) is 32.1 Å². The van der Waals surface area contributed by atoms with Gasteiger partial charge in [0.2, 0.25) is 0 Å². The van der Waals surface area contributed by atoms with Crippen molar-refractivity contribution in [3.8, 4) is 5.75 Å². The second kappa shape index (κ2) is 6.02. The van der Waals surface area contributed by atoms with Crippen LogP contribution in [0.25, 0.3) is 0 Å². The lowest BCUT2D eigenvalue weighted by molar-refractivity contribution is -0.385. The van der Waals surface area contributed by atoms with Gasteiger partial charge in [-0.05, 0) is 43.8 Å². The minimum Gasteiger partial charge on any atom is -0.490 e. The number of nitrogens with zero attached hydrogens (tertiary/aromatic N) is 1. The van der Waals surface area contributed by atoms with Gasteiger partial charge in [-0.15, -0.1) is 0 Å². The van der Waals surface area contributed by atoms with Crippen LogP contribution in [0.5, 0.6) is 5.75 Å². The molecule has 0 amide bonds. The minimum atomic E-state index is -0.345. The second-order valence-corrected chi connectivity index (χ2v) is 4.87. The molecule has 1 fully saturated rings. The van der Waals surface area contributed by atoms with Gasteiger partial charge in [-0.2, -0.15) is 0 Å². The Balaban J connectivity index is 2.49. The Labute approximate surface area is 113 Å². The van der Waals surface area contributed by atoms with Crippen LogP contribution in [0.1, 0.15) is 36.8 Å². The van der Waals surface area contributed by atoms with Gasteiger partial charge in [0.05, 0.1) is 12.0 Å². The molecule has 19 heavy (non-hydrogen) atoms. The van der Waals surface area contributed by atoms with Crippen LogP contribution in [0.4, 0.5) is 5.69 Å². The van der Waals surface area contributed by atoms with Crippen LogP contribution in [0.2, 0.25) is 0 Å². The van der Waals surface area contributed by atoms with Crippen LogP contribution in [0.15, 0.2) is 12.1 Å². The highest BCUT2D eigenvalue weighted by Gasteiger charge is 2.26. The fourth-order valence-corrected chi connectivity index (χ4v) is 2.69. The SMILES string of the molecule is CCc1cc(C2CCNCC2)c(OC)c([N+](=O)[O-])c1. The fraction of sp³-hybridized carbons (Fsp3) is 0.571. The van der Waals surface area contributed by atoms with Crippen molar-refractivity contribution in [1.82, 2.24) is 5.32 Å². The first-order chi connectivity index (χ1) is 9.17. The zero-order valence-electron chi connectivity index (χ0n) is 11.4. The van der Waals surface area contributed by atoms with E-state index in [9.17, 15) is 10.1 Å². The molecule has 0 bridgehead atoms. The number of hydrogen-bond donors (Lipinski definition) is 1. The Morgan fingerprint density at radius 2 is 2.11 bits per heavy atom. The summed E-state index contributed by atoms with van der Waals surface area (Å²) in [5, 5.41) is 14.5. The molecule has 1 aromatic carbocycles. The third-order valence-corrected chi connectivity index (χ3v) is 3.75. The van der Waals surface area contributed by atoms with E-state index in [-0.39, 0.29) is 10.6 Å². The number of ether oxygens (including phenoxy) is 1. The first-order valence-electron chi connectivity index (χ1n) is 6.73. The maximum Gasteiger partial charge on any atom is 0.311 e. The molecule has 5 heteroatoms. The number of nitro benzene ring substituents is 1. The Hall–Kier alpha value is -1.62. The number of piperidine rings is 1. The number of nitro groups is 1. The predicted molar refractivity (Wildman–Crippen MR) is 73.9 cm³/mol. The summed E-state index contributed by atoms with van der Waals surface area (Å²) >= 11 is 0. The predicted octanol–water partition coefficient (Wildman–Crippen LogP) is 2.63. The molecule has 5 nitrogen and oxygen atoms in total. The van der Waals surface area contributed by atoms with Gasteiger partial charge >= 0.3 is 5.69 Å². The fourth-order valence-electron chi connectivity index (χ4n) is 2.69. The molecule has 2 rings (SSSR count). The Morgan fingerprint density at radius 1 is 1.42 bits per heavy atom. The molecule has 1 N–H and O–H groups in total. The van der Waals surface area contributed by atoms with Gasteiger partial charge in [0.15, 0.2) is 5.75 Å².